The van der Waals surface area contributed by atoms with Crippen molar-refractivity contribution in [1.82, 2.24) is 9.78 Å². The SMILES string of the molecule is CC(C)Cn1cc(N)c(C(N)=O)n1. The summed E-state index contributed by atoms with van der Waals surface area (Å²) in [7, 11) is 0. The Labute approximate surface area is 76.7 Å². The third-order valence-electron chi connectivity index (χ3n) is 1.58. The summed E-state index contributed by atoms with van der Waals surface area (Å²) in [5.41, 5.74) is 11.1. The molecule has 1 aromatic rings. The molecule has 0 fully saturated rings. The minimum atomic E-state index is -0.583. The first-order valence-electron chi connectivity index (χ1n) is 4.13. The molecule has 1 aromatic heterocycles. The number of nitrogens with zero attached hydrogens (tertiary/aromatic N) is 2. The molecule has 72 valence electrons. The van der Waals surface area contributed by atoms with Crippen molar-refractivity contribution in [3.05, 3.63) is 11.9 Å². The Hall–Kier alpha value is -1.52. The van der Waals surface area contributed by atoms with E-state index < -0.39 is 5.91 Å². The lowest BCUT2D eigenvalue weighted by molar-refractivity contribution is 0.0995. The fourth-order valence-corrected chi connectivity index (χ4v) is 1.10. The average molecular weight is 182 g/mol. The van der Waals surface area contributed by atoms with Crippen LogP contribution in [0.5, 0.6) is 0 Å². The van der Waals surface area contributed by atoms with Crippen molar-refractivity contribution in [1.29, 1.82) is 0 Å². The van der Waals surface area contributed by atoms with Crippen LogP contribution in [0.25, 0.3) is 0 Å². The van der Waals surface area contributed by atoms with Crippen molar-refractivity contribution in [2.75, 3.05) is 5.73 Å². The third-order valence-corrected chi connectivity index (χ3v) is 1.58. The predicted octanol–water partition coefficient (Wildman–Crippen LogP) is 0.220. The molecular formula is C8H14N4O. The van der Waals surface area contributed by atoms with E-state index >= 15 is 0 Å². The zero-order valence-electron chi connectivity index (χ0n) is 7.82. The van der Waals surface area contributed by atoms with Crippen LogP contribution in [0.4, 0.5) is 5.69 Å². The maximum absolute atomic E-state index is 10.8. The Morgan fingerprint density at radius 1 is 1.69 bits per heavy atom. The van der Waals surface area contributed by atoms with Crippen LogP contribution in [0.3, 0.4) is 0 Å². The Kier molecular flexibility index (Phi) is 2.55. The molecule has 0 aliphatic rings. The van der Waals surface area contributed by atoms with E-state index in [1.54, 1.807) is 10.9 Å². The van der Waals surface area contributed by atoms with E-state index in [1.807, 2.05) is 0 Å². The van der Waals surface area contributed by atoms with E-state index in [2.05, 4.69) is 18.9 Å². The van der Waals surface area contributed by atoms with Crippen LogP contribution < -0.4 is 11.5 Å². The summed E-state index contributed by atoms with van der Waals surface area (Å²) in [6.07, 6.45) is 1.63. The molecule has 0 bridgehead atoms. The maximum Gasteiger partial charge on any atom is 0.271 e. The van der Waals surface area contributed by atoms with Crippen LogP contribution in [-0.4, -0.2) is 15.7 Å². The van der Waals surface area contributed by atoms with Crippen LogP contribution in [0.15, 0.2) is 6.20 Å². The number of primary amides is 1. The first-order chi connectivity index (χ1) is 6.00. The van der Waals surface area contributed by atoms with E-state index in [-0.39, 0.29) is 5.69 Å². The second kappa shape index (κ2) is 3.47. The summed E-state index contributed by atoms with van der Waals surface area (Å²) in [6.45, 7) is 4.85. The van der Waals surface area contributed by atoms with Crippen LogP contribution in [0.2, 0.25) is 0 Å². The summed E-state index contributed by atoms with van der Waals surface area (Å²) < 4.78 is 1.64. The highest BCUT2D eigenvalue weighted by Gasteiger charge is 2.11. The van der Waals surface area contributed by atoms with Gasteiger partial charge in [-0.2, -0.15) is 5.10 Å². The molecule has 0 unspecified atom stereocenters. The van der Waals surface area contributed by atoms with Crippen LogP contribution >= 0.6 is 0 Å². The molecule has 0 aromatic carbocycles. The number of hydrogen-bond donors (Lipinski definition) is 2. The van der Waals surface area contributed by atoms with Gasteiger partial charge in [0.25, 0.3) is 5.91 Å². The fraction of sp³-hybridized carbons (Fsp3) is 0.500. The Morgan fingerprint density at radius 2 is 2.31 bits per heavy atom. The molecule has 0 saturated carbocycles. The van der Waals surface area contributed by atoms with Crippen LogP contribution in [0, 0.1) is 5.92 Å². The molecule has 1 rings (SSSR count). The van der Waals surface area contributed by atoms with Gasteiger partial charge in [-0.05, 0) is 5.92 Å². The van der Waals surface area contributed by atoms with E-state index in [4.69, 9.17) is 11.5 Å². The second-order valence-corrected chi connectivity index (χ2v) is 3.41. The molecule has 1 amide bonds. The number of anilines is 1. The standard InChI is InChI=1S/C8H14N4O/c1-5(2)3-12-4-6(9)7(11-12)8(10)13/h4-5H,3,9H2,1-2H3,(H2,10,13). The number of carbonyl (C=O) groups is 1. The van der Waals surface area contributed by atoms with Gasteiger partial charge in [0, 0.05) is 12.7 Å². The van der Waals surface area contributed by atoms with Gasteiger partial charge in [-0.25, -0.2) is 0 Å². The van der Waals surface area contributed by atoms with Gasteiger partial charge >= 0.3 is 0 Å². The molecule has 0 spiro atoms. The lowest BCUT2D eigenvalue weighted by atomic mass is 10.2. The topological polar surface area (TPSA) is 86.9 Å². The Bertz CT molecular complexity index is 316. The van der Waals surface area contributed by atoms with E-state index in [9.17, 15) is 4.79 Å². The van der Waals surface area contributed by atoms with Crippen molar-refractivity contribution < 1.29 is 4.79 Å². The average Bonchev–Trinajstić information content (AvgIpc) is 2.29. The van der Waals surface area contributed by atoms with Gasteiger partial charge in [-0.3, -0.25) is 9.48 Å². The number of carbonyl (C=O) groups excluding carboxylic acids is 1. The summed E-state index contributed by atoms with van der Waals surface area (Å²) in [5, 5.41) is 3.97. The molecular weight excluding hydrogens is 168 g/mol. The van der Waals surface area contributed by atoms with Crippen molar-refractivity contribution in [2.45, 2.75) is 20.4 Å². The minimum Gasteiger partial charge on any atom is -0.396 e. The number of hydrogen-bond acceptors (Lipinski definition) is 3. The number of amides is 1. The molecule has 5 heteroatoms. The van der Waals surface area contributed by atoms with E-state index in [1.165, 1.54) is 0 Å². The first-order valence-corrected chi connectivity index (χ1v) is 4.13. The van der Waals surface area contributed by atoms with Crippen molar-refractivity contribution >= 4 is 11.6 Å². The van der Waals surface area contributed by atoms with Crippen molar-refractivity contribution in [3.8, 4) is 0 Å². The second-order valence-electron chi connectivity index (χ2n) is 3.41. The van der Waals surface area contributed by atoms with Gasteiger partial charge in [-0.1, -0.05) is 13.8 Å². The molecule has 0 saturated heterocycles. The predicted molar refractivity (Wildman–Crippen MR) is 50.0 cm³/mol. The number of rotatable bonds is 3. The fourth-order valence-electron chi connectivity index (χ4n) is 1.10. The minimum absolute atomic E-state index is 0.153. The summed E-state index contributed by atoms with van der Waals surface area (Å²) >= 11 is 0. The highest BCUT2D eigenvalue weighted by Crippen LogP contribution is 2.09. The molecule has 5 nitrogen and oxygen atoms in total. The first kappa shape index (κ1) is 9.57. The monoisotopic (exact) mass is 182 g/mol. The van der Waals surface area contributed by atoms with Gasteiger partial charge in [0.2, 0.25) is 0 Å². The van der Waals surface area contributed by atoms with Gasteiger partial charge in [0.1, 0.15) is 0 Å². The van der Waals surface area contributed by atoms with Crippen LogP contribution in [0.1, 0.15) is 24.3 Å². The van der Waals surface area contributed by atoms with Gasteiger partial charge in [-0.15, -0.1) is 0 Å². The lowest BCUT2D eigenvalue weighted by Gasteiger charge is -2.02. The Morgan fingerprint density at radius 3 is 2.69 bits per heavy atom. The lowest BCUT2D eigenvalue weighted by Crippen LogP contribution is -2.14. The van der Waals surface area contributed by atoms with E-state index in [0.717, 1.165) is 6.54 Å². The van der Waals surface area contributed by atoms with Gasteiger partial charge in [0.05, 0.1) is 5.69 Å². The molecule has 0 radical (unpaired) electrons. The molecule has 1 heterocycles. The molecule has 13 heavy (non-hydrogen) atoms. The van der Waals surface area contributed by atoms with E-state index in [0.29, 0.717) is 11.6 Å². The molecule has 0 aliphatic heterocycles. The molecule has 4 N–H and O–H groups in total. The zero-order chi connectivity index (χ0) is 10.0. The Balaban J connectivity index is 2.89. The smallest absolute Gasteiger partial charge is 0.271 e. The molecule has 0 atom stereocenters. The number of aromatic nitrogens is 2. The maximum atomic E-state index is 10.8. The zero-order valence-corrected chi connectivity index (χ0v) is 7.82. The van der Waals surface area contributed by atoms with Gasteiger partial charge in [0.15, 0.2) is 5.69 Å². The van der Waals surface area contributed by atoms with Crippen molar-refractivity contribution in [2.24, 2.45) is 11.7 Å². The summed E-state index contributed by atoms with van der Waals surface area (Å²) in [4.78, 5) is 10.8. The highest BCUT2D eigenvalue weighted by atomic mass is 16.1. The highest BCUT2D eigenvalue weighted by molar-refractivity contribution is 5.95. The molecule has 0 aliphatic carbocycles. The van der Waals surface area contributed by atoms with Crippen LogP contribution in [-0.2, 0) is 6.54 Å². The third kappa shape index (κ3) is 2.21. The number of nitrogens with two attached hydrogens (primary N) is 2. The number of nitrogen functional groups attached to an aromatic ring is 1. The summed E-state index contributed by atoms with van der Waals surface area (Å²) in [5.74, 6) is -0.125. The summed E-state index contributed by atoms with van der Waals surface area (Å²) in [6, 6.07) is 0. The van der Waals surface area contributed by atoms with Gasteiger partial charge < -0.3 is 11.5 Å². The normalized spacial score (nSPS) is 10.7. The quantitative estimate of drug-likeness (QED) is 0.701. The van der Waals surface area contributed by atoms with Crippen molar-refractivity contribution in [3.63, 3.8) is 0 Å². The largest absolute Gasteiger partial charge is 0.396 e.